The maximum atomic E-state index is 13.2. The van der Waals surface area contributed by atoms with Crippen molar-refractivity contribution in [1.29, 1.82) is 0 Å². The molecule has 1 saturated heterocycles. The Morgan fingerprint density at radius 2 is 1.74 bits per heavy atom. The molecule has 2 aliphatic carbocycles. The van der Waals surface area contributed by atoms with Crippen LogP contribution >= 0.6 is 0 Å². The van der Waals surface area contributed by atoms with Crippen LogP contribution in [0.15, 0.2) is 48.5 Å². The number of fused-ring (bicyclic) bond motifs is 4. The lowest BCUT2D eigenvalue weighted by Crippen LogP contribution is -2.54. The summed E-state index contributed by atoms with van der Waals surface area (Å²) in [6, 6.07) is 15.2. The quantitative estimate of drug-likeness (QED) is 0.653. The van der Waals surface area contributed by atoms with Gasteiger partial charge in [-0.3, -0.25) is 9.59 Å². The van der Waals surface area contributed by atoms with Crippen LogP contribution in [0.3, 0.4) is 0 Å². The van der Waals surface area contributed by atoms with Gasteiger partial charge in [0.2, 0.25) is 5.91 Å². The fourth-order valence-corrected chi connectivity index (χ4v) is 5.46. The van der Waals surface area contributed by atoms with Gasteiger partial charge in [0.1, 0.15) is 12.6 Å². The summed E-state index contributed by atoms with van der Waals surface area (Å²) in [5, 5.41) is 12.2. The van der Waals surface area contributed by atoms with Crippen molar-refractivity contribution in [3.05, 3.63) is 59.7 Å². The van der Waals surface area contributed by atoms with E-state index >= 15 is 0 Å². The molecule has 2 fully saturated rings. The van der Waals surface area contributed by atoms with E-state index in [1.54, 1.807) is 6.92 Å². The zero-order chi connectivity index (χ0) is 24.0. The average molecular weight is 465 g/mol. The molecule has 178 valence electrons. The fourth-order valence-electron chi connectivity index (χ4n) is 5.46. The lowest BCUT2D eigenvalue weighted by Gasteiger charge is -2.29. The van der Waals surface area contributed by atoms with E-state index in [4.69, 9.17) is 9.47 Å². The lowest BCUT2D eigenvalue weighted by molar-refractivity contribution is -0.144. The normalized spacial score (nSPS) is 23.9. The molecule has 0 radical (unpaired) electrons. The molecule has 34 heavy (non-hydrogen) atoms. The summed E-state index contributed by atoms with van der Waals surface area (Å²) in [6.45, 7) is 2.36. The van der Waals surface area contributed by atoms with E-state index in [2.05, 4.69) is 17.4 Å². The van der Waals surface area contributed by atoms with E-state index in [1.807, 2.05) is 36.4 Å². The summed E-state index contributed by atoms with van der Waals surface area (Å²) in [5.74, 6) is -1.33. The predicted molar refractivity (Wildman–Crippen MR) is 123 cm³/mol. The van der Waals surface area contributed by atoms with E-state index < -0.39 is 29.6 Å². The summed E-state index contributed by atoms with van der Waals surface area (Å²) in [4.78, 5) is 39.1. The van der Waals surface area contributed by atoms with Crippen molar-refractivity contribution in [2.24, 2.45) is 11.3 Å². The molecule has 0 aromatic heterocycles. The number of hydrogen-bond donors (Lipinski definition) is 2. The number of nitrogens with zero attached hydrogens (tertiary/aromatic N) is 1. The van der Waals surface area contributed by atoms with Crippen molar-refractivity contribution < 1.29 is 29.0 Å². The van der Waals surface area contributed by atoms with Gasteiger partial charge in [-0.1, -0.05) is 48.5 Å². The highest BCUT2D eigenvalue weighted by Gasteiger charge is 2.66. The number of carboxylic acid groups (broad SMARTS) is 1. The first-order valence-corrected chi connectivity index (χ1v) is 11.5. The van der Waals surface area contributed by atoms with Crippen LogP contribution in [0.1, 0.15) is 30.4 Å². The average Bonchev–Trinajstić information content (AvgIpc) is 3.27. The Hall–Kier alpha value is -3.39. The Morgan fingerprint density at radius 1 is 1.12 bits per heavy atom. The first-order valence-electron chi connectivity index (χ1n) is 11.5. The van der Waals surface area contributed by atoms with Gasteiger partial charge in [-0.15, -0.1) is 0 Å². The zero-order valence-electron chi connectivity index (χ0n) is 19.2. The number of carboxylic acids is 1. The minimum Gasteiger partial charge on any atom is -0.481 e. The molecule has 2 aromatic carbocycles. The SMILES string of the molecule is CO[C@H](C)[C@H](NC(=O)OCC1c2ccccc2-c2ccccc21)C(=O)N1CC2CC2(C(=O)O)C1. The van der Waals surface area contributed by atoms with E-state index in [1.165, 1.54) is 12.0 Å². The number of carbonyl (C=O) groups excluding carboxylic acids is 2. The topological polar surface area (TPSA) is 105 Å². The molecule has 8 heteroatoms. The Kier molecular flexibility index (Phi) is 5.56. The first-order chi connectivity index (χ1) is 16.4. The van der Waals surface area contributed by atoms with Gasteiger partial charge >= 0.3 is 12.1 Å². The predicted octanol–water partition coefficient (Wildman–Crippen LogP) is 2.86. The second kappa shape index (κ2) is 8.43. The molecule has 2 unspecified atom stereocenters. The molecule has 2 N–H and O–H groups in total. The van der Waals surface area contributed by atoms with Crippen LogP contribution in [-0.2, 0) is 19.1 Å². The van der Waals surface area contributed by atoms with Crippen molar-refractivity contribution in [3.63, 3.8) is 0 Å². The van der Waals surface area contributed by atoms with Crippen LogP contribution in [0.2, 0.25) is 0 Å². The van der Waals surface area contributed by atoms with Crippen molar-refractivity contribution in [2.75, 3.05) is 26.8 Å². The standard InChI is InChI=1S/C26H28N2O6/c1-15(33-2)22(23(29)28-12-16-11-26(16,14-28)24(30)31)27-25(32)34-13-21-19-9-5-3-7-17(19)18-8-4-6-10-20(18)21/h3-10,15-16,21-22H,11-14H2,1-2H3,(H,27,32)(H,30,31)/t15-,16?,22+,26?/m1/s1. The van der Waals surface area contributed by atoms with Gasteiger partial charge in [-0.25, -0.2) is 4.79 Å². The minimum atomic E-state index is -0.969. The largest absolute Gasteiger partial charge is 0.481 e. The second-order valence-corrected chi connectivity index (χ2v) is 9.47. The van der Waals surface area contributed by atoms with Crippen LogP contribution in [0.4, 0.5) is 4.79 Å². The van der Waals surface area contributed by atoms with Crippen LogP contribution in [0, 0.1) is 11.3 Å². The Balaban J connectivity index is 1.26. The lowest BCUT2D eigenvalue weighted by atomic mass is 9.98. The third-order valence-corrected chi connectivity index (χ3v) is 7.61. The van der Waals surface area contributed by atoms with Gasteiger partial charge in [0.05, 0.1) is 11.5 Å². The molecular weight excluding hydrogens is 436 g/mol. The second-order valence-electron chi connectivity index (χ2n) is 9.47. The van der Waals surface area contributed by atoms with Crippen molar-refractivity contribution in [2.45, 2.75) is 31.4 Å². The number of ether oxygens (including phenoxy) is 2. The molecule has 5 rings (SSSR count). The highest BCUT2D eigenvalue weighted by Crippen LogP contribution is 2.58. The molecule has 1 heterocycles. The third kappa shape index (κ3) is 3.62. The molecule has 2 amide bonds. The van der Waals surface area contributed by atoms with Gasteiger partial charge in [0, 0.05) is 26.1 Å². The summed E-state index contributed by atoms with van der Waals surface area (Å²) in [7, 11) is 1.46. The van der Waals surface area contributed by atoms with E-state index in [0.29, 0.717) is 13.0 Å². The maximum absolute atomic E-state index is 13.2. The molecule has 8 nitrogen and oxygen atoms in total. The van der Waals surface area contributed by atoms with Crippen LogP contribution in [0.25, 0.3) is 11.1 Å². The zero-order valence-corrected chi connectivity index (χ0v) is 19.2. The molecule has 1 saturated carbocycles. The van der Waals surface area contributed by atoms with Gasteiger partial charge < -0.3 is 24.8 Å². The smallest absolute Gasteiger partial charge is 0.407 e. The summed E-state index contributed by atoms with van der Waals surface area (Å²) < 4.78 is 10.9. The number of carbonyl (C=O) groups is 3. The molecule has 4 atom stereocenters. The monoisotopic (exact) mass is 464 g/mol. The van der Waals surface area contributed by atoms with Crippen molar-refractivity contribution >= 4 is 18.0 Å². The number of alkyl carbamates (subject to hydrolysis) is 1. The molecular formula is C26H28N2O6. The number of hydrogen-bond acceptors (Lipinski definition) is 5. The van der Waals surface area contributed by atoms with Crippen molar-refractivity contribution in [3.8, 4) is 11.1 Å². The third-order valence-electron chi connectivity index (χ3n) is 7.61. The Morgan fingerprint density at radius 3 is 2.29 bits per heavy atom. The molecule has 1 aliphatic heterocycles. The number of rotatable bonds is 7. The number of benzene rings is 2. The number of nitrogens with one attached hydrogen (secondary N) is 1. The molecule has 2 aromatic rings. The summed E-state index contributed by atoms with van der Waals surface area (Å²) in [6.07, 6.45) is -0.719. The van der Waals surface area contributed by atoms with Crippen molar-refractivity contribution in [1.82, 2.24) is 10.2 Å². The summed E-state index contributed by atoms with van der Waals surface area (Å²) >= 11 is 0. The molecule has 0 bridgehead atoms. The van der Waals surface area contributed by atoms with E-state index in [-0.39, 0.29) is 30.9 Å². The maximum Gasteiger partial charge on any atom is 0.407 e. The van der Waals surface area contributed by atoms with Gasteiger partial charge in [0.15, 0.2) is 0 Å². The fraction of sp³-hybridized carbons (Fsp3) is 0.423. The number of aliphatic carboxylic acids is 1. The minimum absolute atomic E-state index is 0.0260. The van der Waals surface area contributed by atoms with Crippen LogP contribution in [0.5, 0.6) is 0 Å². The molecule has 3 aliphatic rings. The highest BCUT2D eigenvalue weighted by molar-refractivity contribution is 5.89. The van der Waals surface area contributed by atoms with E-state index in [9.17, 15) is 19.5 Å². The van der Waals surface area contributed by atoms with Crippen LogP contribution in [-0.4, -0.2) is 66.9 Å². The van der Waals surface area contributed by atoms with Gasteiger partial charge in [-0.2, -0.15) is 0 Å². The number of methoxy groups -OCH3 is 1. The van der Waals surface area contributed by atoms with E-state index in [0.717, 1.165) is 22.3 Å². The molecule has 0 spiro atoms. The number of piperidine rings is 1. The summed E-state index contributed by atoms with van der Waals surface area (Å²) in [5.41, 5.74) is 3.64. The first kappa shape index (κ1) is 22.4. The number of amides is 2. The van der Waals surface area contributed by atoms with Gasteiger partial charge in [-0.05, 0) is 41.5 Å². The highest BCUT2D eigenvalue weighted by atomic mass is 16.5. The van der Waals surface area contributed by atoms with Crippen LogP contribution < -0.4 is 5.32 Å². The van der Waals surface area contributed by atoms with Gasteiger partial charge in [0.25, 0.3) is 0 Å². The number of likely N-dealkylation sites (tertiary alicyclic amines) is 1. The Labute approximate surface area is 197 Å². The Bertz CT molecular complexity index is 1100.